The Bertz CT molecular complexity index is 1280. The number of Topliss-reactive ketones (excluding diaryl/α,β-unsaturated/α-hetero) is 2. The molecule has 1 aromatic rings. The van der Waals surface area contributed by atoms with Gasteiger partial charge in [-0.2, -0.15) is 0 Å². The number of fused-ring (bicyclic) bond motifs is 12. The highest BCUT2D eigenvalue weighted by Crippen LogP contribution is 2.66. The number of carbonyl (C=O) groups is 2. The molecule has 6 fully saturated rings. The van der Waals surface area contributed by atoms with Gasteiger partial charge in [0.2, 0.25) is 0 Å². The van der Waals surface area contributed by atoms with Gasteiger partial charge in [-0.3, -0.25) is 19.6 Å². The van der Waals surface area contributed by atoms with E-state index in [4.69, 9.17) is 9.97 Å². The summed E-state index contributed by atoms with van der Waals surface area (Å²) in [5, 5.41) is 0. The van der Waals surface area contributed by atoms with E-state index in [1.807, 2.05) is 0 Å². The number of rotatable bonds is 0. The van der Waals surface area contributed by atoms with E-state index in [2.05, 4.69) is 27.7 Å². The van der Waals surface area contributed by atoms with Gasteiger partial charge in [0.05, 0.1) is 22.8 Å². The molecule has 4 nitrogen and oxygen atoms in total. The number of ketones is 2. The zero-order valence-corrected chi connectivity index (χ0v) is 26.6. The SMILES string of the molecule is C[C@]12Cc3nc4c(nc3C[C@@H]1CC[C@@H]1[C@@H]2CC[C@]2(C)C(=O)CC[C@@H]12)C[C@@]1(C)[C@@H](CC[C@@H]2[C@@H]1CC[C@]1(C)C(=O)CC[C@@H]21)C4. The Morgan fingerprint density at radius 3 is 1.38 bits per heavy atom. The first-order valence-electron chi connectivity index (χ1n) is 18.0. The van der Waals surface area contributed by atoms with E-state index in [0.29, 0.717) is 46.1 Å². The quantitative estimate of drug-likeness (QED) is 0.325. The first kappa shape index (κ1) is 26.8. The molecular formula is C38H52N2O2. The van der Waals surface area contributed by atoms with Crippen molar-refractivity contribution in [3.05, 3.63) is 22.8 Å². The van der Waals surface area contributed by atoms with E-state index < -0.39 is 0 Å². The van der Waals surface area contributed by atoms with Crippen LogP contribution in [-0.4, -0.2) is 21.5 Å². The van der Waals surface area contributed by atoms with Crippen LogP contribution in [0.3, 0.4) is 0 Å². The van der Waals surface area contributed by atoms with Crippen LogP contribution in [0.15, 0.2) is 0 Å². The minimum absolute atomic E-state index is 0.0360. The number of hydrogen-bond donors (Lipinski definition) is 0. The molecule has 8 aliphatic rings. The Morgan fingerprint density at radius 2 is 0.952 bits per heavy atom. The third-order valence-electron chi connectivity index (χ3n) is 16.7. The molecule has 0 aromatic carbocycles. The van der Waals surface area contributed by atoms with Gasteiger partial charge >= 0.3 is 0 Å². The first-order valence-corrected chi connectivity index (χ1v) is 18.0. The highest BCUT2D eigenvalue weighted by Gasteiger charge is 2.62. The predicted molar refractivity (Wildman–Crippen MR) is 163 cm³/mol. The van der Waals surface area contributed by atoms with Crippen molar-refractivity contribution in [3.63, 3.8) is 0 Å². The maximum absolute atomic E-state index is 12.9. The van der Waals surface area contributed by atoms with Crippen molar-refractivity contribution in [1.29, 1.82) is 0 Å². The fourth-order valence-electron chi connectivity index (χ4n) is 14.2. The van der Waals surface area contributed by atoms with Crippen LogP contribution in [-0.2, 0) is 35.3 Å². The van der Waals surface area contributed by atoms with E-state index in [0.717, 1.165) is 87.9 Å². The van der Waals surface area contributed by atoms with Crippen molar-refractivity contribution in [2.24, 2.45) is 69.0 Å². The minimum Gasteiger partial charge on any atom is -0.299 e. The molecule has 9 rings (SSSR count). The summed E-state index contributed by atoms with van der Waals surface area (Å²) in [7, 11) is 0. The highest BCUT2D eigenvalue weighted by molar-refractivity contribution is 5.87. The Labute approximate surface area is 253 Å². The molecule has 0 unspecified atom stereocenters. The largest absolute Gasteiger partial charge is 0.299 e. The van der Waals surface area contributed by atoms with E-state index in [1.165, 1.54) is 61.3 Å². The van der Waals surface area contributed by atoms with Gasteiger partial charge in [0.1, 0.15) is 11.6 Å². The first-order chi connectivity index (χ1) is 20.0. The standard InChI is InChI=1S/C38H52N2O2/c1-35-15-13-27-23(25(35)9-11-33(35)41)7-5-21-17-29-31(19-37(21,27)3)39-30-18-22-6-8-24-26-10-12-34(42)36(26,2)16-14-28(24)38(22,4)20-32(30)40-29/h21-28H,5-20H2,1-4H3/t21-,22-,23-,24-,25-,26-,27-,28-,35-,36-,37-,38-/m0/s1. The van der Waals surface area contributed by atoms with Gasteiger partial charge in [-0.25, -0.2) is 0 Å². The molecule has 8 aliphatic carbocycles. The summed E-state index contributed by atoms with van der Waals surface area (Å²) in [5.41, 5.74) is 5.87. The summed E-state index contributed by atoms with van der Waals surface area (Å²) >= 11 is 0. The van der Waals surface area contributed by atoms with E-state index >= 15 is 0 Å². The lowest BCUT2D eigenvalue weighted by Crippen LogP contribution is -2.55. The van der Waals surface area contributed by atoms with Crippen LogP contribution < -0.4 is 0 Å². The van der Waals surface area contributed by atoms with E-state index in [1.54, 1.807) is 0 Å². The van der Waals surface area contributed by atoms with Crippen LogP contribution in [0.25, 0.3) is 0 Å². The molecule has 0 saturated heterocycles. The molecule has 0 radical (unpaired) electrons. The van der Waals surface area contributed by atoms with E-state index in [-0.39, 0.29) is 10.8 Å². The molecule has 6 saturated carbocycles. The second-order valence-corrected chi connectivity index (χ2v) is 17.9. The van der Waals surface area contributed by atoms with Gasteiger partial charge < -0.3 is 0 Å². The van der Waals surface area contributed by atoms with Gasteiger partial charge in [-0.05, 0) is 148 Å². The molecule has 12 atom stereocenters. The average Bonchev–Trinajstić information content (AvgIpc) is 3.44. The van der Waals surface area contributed by atoms with Crippen LogP contribution in [0.1, 0.15) is 128 Å². The van der Waals surface area contributed by atoms with Gasteiger partial charge in [0.15, 0.2) is 0 Å². The summed E-state index contributed by atoms with van der Waals surface area (Å²) in [6.45, 7) is 9.85. The molecule has 1 heterocycles. The van der Waals surface area contributed by atoms with Crippen molar-refractivity contribution < 1.29 is 9.59 Å². The van der Waals surface area contributed by atoms with Gasteiger partial charge in [-0.1, -0.05) is 27.7 Å². The summed E-state index contributed by atoms with van der Waals surface area (Å²) in [4.78, 5) is 36.9. The third kappa shape index (κ3) is 3.26. The molecule has 0 aliphatic heterocycles. The molecular weight excluding hydrogens is 516 g/mol. The predicted octanol–water partition coefficient (Wildman–Crippen LogP) is 7.53. The summed E-state index contributed by atoms with van der Waals surface area (Å²) in [5.74, 6) is 6.71. The van der Waals surface area contributed by atoms with Crippen molar-refractivity contribution in [1.82, 2.24) is 9.97 Å². The second-order valence-electron chi connectivity index (χ2n) is 17.9. The summed E-state index contributed by atoms with van der Waals surface area (Å²) in [6.07, 6.45) is 18.3. The maximum Gasteiger partial charge on any atom is 0.139 e. The van der Waals surface area contributed by atoms with Crippen molar-refractivity contribution >= 4 is 11.6 Å². The fraction of sp³-hybridized carbons (Fsp3) is 0.842. The minimum atomic E-state index is -0.0360. The average molecular weight is 569 g/mol. The van der Waals surface area contributed by atoms with Crippen LogP contribution in [0.5, 0.6) is 0 Å². The van der Waals surface area contributed by atoms with Gasteiger partial charge in [-0.15, -0.1) is 0 Å². The zero-order chi connectivity index (χ0) is 28.8. The highest BCUT2D eigenvalue weighted by atomic mass is 16.1. The lowest BCUT2D eigenvalue weighted by Gasteiger charge is -2.60. The van der Waals surface area contributed by atoms with Gasteiger partial charge in [0, 0.05) is 23.7 Å². The molecule has 0 spiro atoms. The molecule has 0 bridgehead atoms. The van der Waals surface area contributed by atoms with E-state index in [9.17, 15) is 9.59 Å². The lowest BCUT2D eigenvalue weighted by molar-refractivity contribution is -0.137. The molecule has 4 heteroatoms. The number of aromatic nitrogens is 2. The summed E-state index contributed by atoms with van der Waals surface area (Å²) < 4.78 is 0. The monoisotopic (exact) mass is 568 g/mol. The Morgan fingerprint density at radius 1 is 0.524 bits per heavy atom. The lowest BCUT2D eigenvalue weighted by atomic mass is 9.45. The van der Waals surface area contributed by atoms with Crippen LogP contribution >= 0.6 is 0 Å². The van der Waals surface area contributed by atoms with Crippen molar-refractivity contribution in [3.8, 4) is 0 Å². The molecule has 0 amide bonds. The third-order valence-corrected chi connectivity index (χ3v) is 16.7. The zero-order valence-electron chi connectivity index (χ0n) is 26.6. The van der Waals surface area contributed by atoms with Crippen LogP contribution in [0, 0.1) is 69.0 Å². The maximum atomic E-state index is 12.9. The van der Waals surface area contributed by atoms with Crippen molar-refractivity contribution in [2.75, 3.05) is 0 Å². The topological polar surface area (TPSA) is 59.9 Å². The Kier molecular flexibility index (Phi) is 5.46. The fourth-order valence-corrected chi connectivity index (χ4v) is 14.2. The molecule has 1 aromatic heterocycles. The normalized spacial score (nSPS) is 52.2. The Hall–Kier alpha value is -1.58. The molecule has 226 valence electrons. The van der Waals surface area contributed by atoms with Crippen molar-refractivity contribution in [2.45, 2.75) is 130 Å². The Balaban J connectivity index is 1.01. The van der Waals surface area contributed by atoms with Gasteiger partial charge in [0.25, 0.3) is 0 Å². The summed E-state index contributed by atoms with van der Waals surface area (Å²) in [6, 6.07) is 0. The van der Waals surface area contributed by atoms with Crippen LogP contribution in [0.2, 0.25) is 0 Å². The number of carbonyl (C=O) groups excluding carboxylic acids is 2. The molecule has 0 N–H and O–H groups in total. The number of hydrogen-bond acceptors (Lipinski definition) is 4. The smallest absolute Gasteiger partial charge is 0.139 e. The number of nitrogens with zero attached hydrogens (tertiary/aromatic N) is 2. The molecule has 42 heavy (non-hydrogen) atoms. The van der Waals surface area contributed by atoms with Crippen LogP contribution in [0.4, 0.5) is 0 Å². The second kappa shape index (κ2) is 8.57.